The van der Waals surface area contributed by atoms with Gasteiger partial charge >= 0.3 is 36.1 Å². The molecule has 28 heavy (non-hydrogen) atoms. The molecule has 0 fully saturated rings. The summed E-state index contributed by atoms with van der Waals surface area (Å²) in [7, 11) is 0. The Labute approximate surface area is 155 Å². The number of carbonyl (C=O) groups is 2. The number of hydrogen-bond acceptors (Lipinski definition) is 4. The topological polar surface area (TPSA) is 52.6 Å². The minimum atomic E-state index is -6.44. The monoisotopic (exact) mass is 428 g/mol. The Bertz CT molecular complexity index is 535. The van der Waals surface area contributed by atoms with E-state index in [0.29, 0.717) is 0 Å². The average Bonchev–Trinajstić information content (AvgIpc) is 2.59. The molecule has 0 spiro atoms. The Kier molecular flexibility index (Phi) is 10.4. The Morgan fingerprint density at radius 3 is 1.96 bits per heavy atom. The zero-order valence-corrected chi connectivity index (χ0v) is 14.8. The molecule has 0 aliphatic heterocycles. The molecule has 0 aromatic heterocycles. The van der Waals surface area contributed by atoms with Gasteiger partial charge < -0.3 is 9.47 Å². The highest BCUT2D eigenvalue weighted by atomic mass is 19.4. The molecule has 0 amide bonds. The number of ether oxygens (including phenoxy) is 2. The summed E-state index contributed by atoms with van der Waals surface area (Å²) < 4.78 is 110. The summed E-state index contributed by atoms with van der Waals surface area (Å²) >= 11 is 0. The molecule has 0 radical (unpaired) electrons. The predicted octanol–water partition coefficient (Wildman–Crippen LogP) is 4.77. The largest absolute Gasteiger partial charge is 0.461 e. The van der Waals surface area contributed by atoms with Crippen LogP contribution in [0.5, 0.6) is 0 Å². The van der Waals surface area contributed by atoms with E-state index in [9.17, 15) is 44.7 Å². The van der Waals surface area contributed by atoms with Gasteiger partial charge in [-0.3, -0.25) is 9.59 Å². The summed E-state index contributed by atoms with van der Waals surface area (Å²) in [6.45, 7) is -0.590. The maximum absolute atomic E-state index is 13.2. The summed E-state index contributed by atoms with van der Waals surface area (Å²) in [5.74, 6) is -20.7. The first-order valence-corrected chi connectivity index (χ1v) is 8.17. The minimum Gasteiger partial charge on any atom is -0.461 e. The fraction of sp³-hybridized carbons (Fsp3) is 0.750. The van der Waals surface area contributed by atoms with Crippen LogP contribution in [0.2, 0.25) is 0 Å². The van der Waals surface area contributed by atoms with Crippen molar-refractivity contribution in [2.24, 2.45) is 0 Å². The van der Waals surface area contributed by atoms with E-state index in [1.807, 2.05) is 6.92 Å². The van der Waals surface area contributed by atoms with Crippen molar-refractivity contribution < 1.29 is 54.2 Å². The third kappa shape index (κ3) is 7.63. The first-order chi connectivity index (χ1) is 12.8. The lowest BCUT2D eigenvalue weighted by molar-refractivity contribution is -0.344. The number of hydrogen-bond donors (Lipinski definition) is 0. The molecular weight excluding hydrogens is 408 g/mol. The van der Waals surface area contributed by atoms with Crippen LogP contribution in [-0.4, -0.2) is 49.3 Å². The Hall–Kier alpha value is -1.88. The van der Waals surface area contributed by atoms with Crippen molar-refractivity contribution in [3.63, 3.8) is 0 Å². The number of rotatable bonds is 13. The minimum absolute atomic E-state index is 0.0110. The van der Waals surface area contributed by atoms with Gasteiger partial charge in [0.2, 0.25) is 0 Å². The van der Waals surface area contributed by atoms with Crippen molar-refractivity contribution in [3.05, 3.63) is 12.2 Å². The van der Waals surface area contributed by atoms with E-state index >= 15 is 0 Å². The van der Waals surface area contributed by atoms with Crippen molar-refractivity contribution in [1.82, 2.24) is 0 Å². The lowest BCUT2D eigenvalue weighted by Gasteiger charge is -2.31. The Balaban J connectivity index is 4.35. The number of esters is 2. The van der Waals surface area contributed by atoms with Gasteiger partial charge in [0, 0.05) is 12.8 Å². The fourth-order valence-electron chi connectivity index (χ4n) is 1.66. The molecule has 0 saturated heterocycles. The molecule has 12 heteroatoms. The van der Waals surface area contributed by atoms with Gasteiger partial charge in [0.15, 0.2) is 6.61 Å². The molecule has 0 aromatic carbocycles. The van der Waals surface area contributed by atoms with E-state index in [0.717, 1.165) is 12.8 Å². The first-order valence-electron chi connectivity index (χ1n) is 8.17. The van der Waals surface area contributed by atoms with Gasteiger partial charge in [-0.05, 0) is 12.8 Å². The van der Waals surface area contributed by atoms with Crippen LogP contribution in [0.3, 0.4) is 0 Å². The van der Waals surface area contributed by atoms with Crippen LogP contribution in [0, 0.1) is 0 Å². The molecule has 0 rings (SSSR count). The van der Waals surface area contributed by atoms with Crippen molar-refractivity contribution in [1.29, 1.82) is 0 Å². The van der Waals surface area contributed by atoms with Gasteiger partial charge in [0.05, 0.1) is 0 Å². The van der Waals surface area contributed by atoms with Crippen molar-refractivity contribution in [2.45, 2.75) is 63.2 Å². The highest BCUT2D eigenvalue weighted by Gasteiger charge is 2.75. The second kappa shape index (κ2) is 11.2. The van der Waals surface area contributed by atoms with Gasteiger partial charge in [-0.2, -0.15) is 26.3 Å². The smallest absolute Gasteiger partial charge is 0.381 e. The van der Waals surface area contributed by atoms with Crippen molar-refractivity contribution >= 4 is 11.9 Å². The Morgan fingerprint density at radius 2 is 1.46 bits per heavy atom. The molecular formula is C16H20F8O4. The van der Waals surface area contributed by atoms with E-state index in [2.05, 4.69) is 4.74 Å². The van der Waals surface area contributed by atoms with Gasteiger partial charge in [-0.1, -0.05) is 25.5 Å². The highest BCUT2D eigenvalue weighted by molar-refractivity contribution is 5.72. The van der Waals surface area contributed by atoms with Gasteiger partial charge in [-0.15, -0.1) is 0 Å². The number of allylic oxidation sites excluding steroid dienone is 1. The quantitative estimate of drug-likeness (QED) is 0.241. The second-order valence-corrected chi connectivity index (χ2v) is 5.66. The van der Waals surface area contributed by atoms with Gasteiger partial charge in [0.25, 0.3) is 0 Å². The molecule has 0 bridgehead atoms. The second-order valence-electron chi connectivity index (χ2n) is 5.66. The fourth-order valence-corrected chi connectivity index (χ4v) is 1.66. The average molecular weight is 428 g/mol. The van der Waals surface area contributed by atoms with Gasteiger partial charge in [0.1, 0.15) is 6.61 Å². The zero-order chi connectivity index (χ0) is 22.0. The van der Waals surface area contributed by atoms with Crippen LogP contribution in [-0.2, 0) is 19.1 Å². The van der Waals surface area contributed by atoms with Crippen LogP contribution in [0.15, 0.2) is 12.2 Å². The maximum atomic E-state index is 13.2. The van der Waals surface area contributed by atoms with E-state index in [1.165, 1.54) is 0 Å². The predicted molar refractivity (Wildman–Crippen MR) is 80.7 cm³/mol. The lowest BCUT2D eigenvalue weighted by atomic mass is 10.1. The molecule has 0 saturated carbocycles. The summed E-state index contributed by atoms with van der Waals surface area (Å²) in [6.07, 6.45) is -1.22. The molecule has 0 N–H and O–H groups in total. The molecule has 0 aromatic rings. The third-order valence-corrected chi connectivity index (χ3v) is 3.29. The van der Waals surface area contributed by atoms with E-state index in [1.54, 1.807) is 12.2 Å². The summed E-state index contributed by atoms with van der Waals surface area (Å²) in [6, 6.07) is 0. The molecule has 0 aliphatic rings. The first kappa shape index (κ1) is 26.1. The number of unbranched alkanes of at least 4 members (excludes halogenated alkanes) is 1. The maximum Gasteiger partial charge on any atom is 0.381 e. The van der Waals surface area contributed by atoms with Crippen LogP contribution in [0.25, 0.3) is 0 Å². The van der Waals surface area contributed by atoms with E-state index < -0.39 is 49.2 Å². The molecule has 0 heterocycles. The normalized spacial score (nSPS) is 13.2. The molecule has 164 valence electrons. The summed E-state index contributed by atoms with van der Waals surface area (Å²) in [4.78, 5) is 22.5. The van der Waals surface area contributed by atoms with Crippen LogP contribution >= 0.6 is 0 Å². The SMILES string of the molecule is CCC/C=C/COC(=O)CCCC(=O)OCC(F)(F)C(F)(F)C(F)(F)C(F)F. The third-order valence-electron chi connectivity index (χ3n) is 3.29. The highest BCUT2D eigenvalue weighted by Crippen LogP contribution is 2.48. The number of carbonyl (C=O) groups excluding carboxylic acids is 2. The van der Waals surface area contributed by atoms with Crippen LogP contribution < -0.4 is 0 Å². The van der Waals surface area contributed by atoms with E-state index in [4.69, 9.17) is 4.74 Å². The van der Waals surface area contributed by atoms with Crippen LogP contribution in [0.4, 0.5) is 35.1 Å². The van der Waals surface area contributed by atoms with Crippen molar-refractivity contribution in [3.8, 4) is 0 Å². The van der Waals surface area contributed by atoms with Crippen LogP contribution in [0.1, 0.15) is 39.0 Å². The molecule has 0 aliphatic carbocycles. The Morgan fingerprint density at radius 1 is 0.929 bits per heavy atom. The summed E-state index contributed by atoms with van der Waals surface area (Å²) in [5.41, 5.74) is 0. The zero-order valence-electron chi connectivity index (χ0n) is 14.8. The molecule has 0 atom stereocenters. The number of alkyl halides is 8. The standard InChI is InChI=1S/C16H20F8O4/c1-2-3-4-5-9-27-11(25)7-6-8-12(26)28-10-14(19,20)16(23,24)15(21,22)13(17)18/h4-5,13H,2-3,6-10H2,1H3/b5-4+. The molecule has 0 unspecified atom stereocenters. The van der Waals surface area contributed by atoms with Crippen molar-refractivity contribution in [2.75, 3.05) is 13.2 Å². The lowest BCUT2D eigenvalue weighted by Crippen LogP contribution is -2.59. The summed E-state index contributed by atoms with van der Waals surface area (Å²) in [5, 5.41) is 0. The van der Waals surface area contributed by atoms with E-state index in [-0.39, 0.29) is 19.4 Å². The molecule has 4 nitrogen and oxygen atoms in total. The number of halogens is 8. The van der Waals surface area contributed by atoms with Gasteiger partial charge in [-0.25, -0.2) is 8.78 Å².